The third kappa shape index (κ3) is 12.3. The van der Waals surface area contributed by atoms with Crippen molar-refractivity contribution < 1.29 is 23.7 Å². The van der Waals surface area contributed by atoms with Gasteiger partial charge >= 0.3 is 5.97 Å². The molecule has 0 fully saturated rings. The molecule has 29 heavy (non-hydrogen) atoms. The zero-order valence-corrected chi connectivity index (χ0v) is 18.9. The molecule has 0 aromatic carbocycles. The number of hydrogen-bond acceptors (Lipinski definition) is 7. The molecule has 0 amide bonds. The lowest BCUT2D eigenvalue weighted by molar-refractivity contribution is -0.143. The van der Waals surface area contributed by atoms with E-state index in [1.165, 1.54) is 0 Å². The third-order valence-corrected chi connectivity index (χ3v) is 4.14. The van der Waals surface area contributed by atoms with E-state index >= 15 is 0 Å². The van der Waals surface area contributed by atoms with Crippen LogP contribution < -0.4 is 5.32 Å². The van der Waals surface area contributed by atoms with E-state index in [2.05, 4.69) is 5.32 Å². The fraction of sp³-hybridized carbons (Fsp3) is 0.727. The molecule has 1 N–H and O–H groups in total. The van der Waals surface area contributed by atoms with E-state index < -0.39 is 5.97 Å². The number of nitrogens with zero attached hydrogens (tertiary/aromatic N) is 1. The van der Waals surface area contributed by atoms with Gasteiger partial charge < -0.3 is 24.3 Å². The monoisotopic (exact) mass is 410 g/mol. The molecule has 7 heteroatoms. The highest BCUT2D eigenvalue weighted by Gasteiger charge is 2.17. The van der Waals surface area contributed by atoms with Crippen molar-refractivity contribution in [2.24, 2.45) is 0 Å². The fourth-order valence-electron chi connectivity index (χ4n) is 2.50. The van der Waals surface area contributed by atoms with Crippen molar-refractivity contribution in [2.75, 3.05) is 40.1 Å². The molecular weight excluding hydrogens is 372 g/mol. The molecule has 0 aromatic rings. The highest BCUT2D eigenvalue weighted by Crippen LogP contribution is 2.15. The minimum absolute atomic E-state index is 0.0200. The minimum Gasteiger partial charge on any atom is -0.459 e. The molecule has 0 aromatic heterocycles. The Bertz CT molecular complexity index is 566. The number of carbonyl (C=O) groups is 1. The Labute approximate surface area is 176 Å². The quantitative estimate of drug-likeness (QED) is 0.137. The van der Waals surface area contributed by atoms with Gasteiger partial charge in [-0.2, -0.15) is 5.26 Å². The van der Waals surface area contributed by atoms with Crippen LogP contribution in [0.25, 0.3) is 0 Å². The van der Waals surface area contributed by atoms with E-state index in [1.807, 2.05) is 46.8 Å². The second kappa shape index (κ2) is 17.0. The van der Waals surface area contributed by atoms with Crippen LogP contribution >= 0.6 is 0 Å². The average Bonchev–Trinajstić information content (AvgIpc) is 2.72. The van der Waals surface area contributed by atoms with Gasteiger partial charge in [-0.1, -0.05) is 13.8 Å². The Hall–Kier alpha value is -1.88. The summed E-state index contributed by atoms with van der Waals surface area (Å²) in [5.74, 6) is -0.622. The zero-order chi connectivity index (χ0) is 22.1. The lowest BCUT2D eigenvalue weighted by atomic mass is 10.0. The van der Waals surface area contributed by atoms with E-state index in [0.29, 0.717) is 31.8 Å². The van der Waals surface area contributed by atoms with Gasteiger partial charge in [0.2, 0.25) is 0 Å². The summed E-state index contributed by atoms with van der Waals surface area (Å²) in [6, 6.07) is 2.00. The Morgan fingerprint density at radius 3 is 2.34 bits per heavy atom. The van der Waals surface area contributed by atoms with Crippen LogP contribution in [0.1, 0.15) is 53.9 Å². The van der Waals surface area contributed by atoms with Gasteiger partial charge in [0.1, 0.15) is 18.2 Å². The van der Waals surface area contributed by atoms with Gasteiger partial charge in [0.15, 0.2) is 0 Å². The molecule has 0 aliphatic heterocycles. The SMILES string of the molecule is CCOC(C)COC(C)COC(=O)/C(C#N)=C(\C=C(/CC)NCCCOC)CC. The molecule has 2 atom stereocenters. The Kier molecular flexibility index (Phi) is 15.9. The smallest absolute Gasteiger partial charge is 0.349 e. The maximum atomic E-state index is 12.4. The largest absolute Gasteiger partial charge is 0.459 e. The fourth-order valence-corrected chi connectivity index (χ4v) is 2.50. The summed E-state index contributed by atoms with van der Waals surface area (Å²) in [6.45, 7) is 12.2. The molecule has 2 unspecified atom stereocenters. The number of rotatable bonds is 16. The molecule has 0 bridgehead atoms. The zero-order valence-electron chi connectivity index (χ0n) is 18.9. The number of carbonyl (C=O) groups excluding carboxylic acids is 1. The normalized spacial score (nSPS) is 14.6. The van der Waals surface area contributed by atoms with Crippen molar-refractivity contribution in [3.8, 4) is 6.07 Å². The molecule has 0 aliphatic rings. The average molecular weight is 411 g/mol. The molecule has 0 saturated heterocycles. The summed E-state index contributed by atoms with van der Waals surface area (Å²) in [4.78, 5) is 12.4. The highest BCUT2D eigenvalue weighted by molar-refractivity contribution is 5.94. The minimum atomic E-state index is -0.622. The first kappa shape index (κ1) is 27.1. The number of allylic oxidation sites excluding steroid dienone is 3. The predicted molar refractivity (Wildman–Crippen MR) is 113 cm³/mol. The molecule has 0 heterocycles. The van der Waals surface area contributed by atoms with E-state index in [4.69, 9.17) is 18.9 Å². The van der Waals surface area contributed by atoms with Crippen molar-refractivity contribution in [3.05, 3.63) is 22.9 Å². The molecule has 0 rings (SSSR count). The molecule has 7 nitrogen and oxygen atoms in total. The van der Waals surface area contributed by atoms with Crippen LogP contribution in [0.5, 0.6) is 0 Å². The number of nitrogens with one attached hydrogen (secondary N) is 1. The number of esters is 1. The van der Waals surface area contributed by atoms with Crippen LogP contribution in [0.4, 0.5) is 0 Å². The molecule has 0 spiro atoms. The van der Waals surface area contributed by atoms with Crippen molar-refractivity contribution in [3.63, 3.8) is 0 Å². The Balaban J connectivity index is 4.91. The first-order valence-corrected chi connectivity index (χ1v) is 10.4. The number of nitriles is 1. The summed E-state index contributed by atoms with van der Waals surface area (Å²) in [5.41, 5.74) is 1.67. The second-order valence-electron chi connectivity index (χ2n) is 6.67. The summed E-state index contributed by atoms with van der Waals surface area (Å²) >= 11 is 0. The number of ether oxygens (including phenoxy) is 4. The molecular formula is C22H38N2O5. The summed E-state index contributed by atoms with van der Waals surface area (Å²) in [7, 11) is 1.67. The summed E-state index contributed by atoms with van der Waals surface area (Å²) in [5, 5.41) is 12.8. The van der Waals surface area contributed by atoms with Gasteiger partial charge in [0, 0.05) is 32.6 Å². The molecule has 0 radical (unpaired) electrons. The highest BCUT2D eigenvalue weighted by atomic mass is 16.6. The van der Waals surface area contributed by atoms with Gasteiger partial charge in [-0.05, 0) is 51.7 Å². The van der Waals surface area contributed by atoms with E-state index in [0.717, 1.165) is 25.1 Å². The maximum Gasteiger partial charge on any atom is 0.349 e. The van der Waals surface area contributed by atoms with E-state index in [1.54, 1.807) is 7.11 Å². The second-order valence-corrected chi connectivity index (χ2v) is 6.67. The first-order chi connectivity index (χ1) is 13.9. The standard InChI is InChI=1S/C22H38N2O5/c1-7-19(13-20(8-2)24-11-10-12-26-6)21(14-23)22(25)29-16-18(5)28-15-17(4)27-9-3/h13,17-18,24H,7-12,15-16H2,1-6H3/b20-13+,21-19-. The maximum absolute atomic E-state index is 12.4. The van der Waals surface area contributed by atoms with E-state index in [-0.39, 0.29) is 24.4 Å². The molecule has 0 aliphatic carbocycles. The van der Waals surface area contributed by atoms with Crippen LogP contribution in [-0.4, -0.2) is 58.3 Å². The lowest BCUT2D eigenvalue weighted by Gasteiger charge is -2.17. The predicted octanol–water partition coefficient (Wildman–Crippen LogP) is 3.51. The van der Waals surface area contributed by atoms with Crippen molar-refractivity contribution in [1.29, 1.82) is 5.26 Å². The number of methoxy groups -OCH3 is 1. The molecule has 166 valence electrons. The third-order valence-electron chi connectivity index (χ3n) is 4.14. The van der Waals surface area contributed by atoms with Crippen LogP contribution in [-0.2, 0) is 23.7 Å². The van der Waals surface area contributed by atoms with Crippen LogP contribution in [0, 0.1) is 11.3 Å². The van der Waals surface area contributed by atoms with Crippen molar-refractivity contribution in [1.82, 2.24) is 5.32 Å². The molecule has 0 saturated carbocycles. The first-order valence-electron chi connectivity index (χ1n) is 10.4. The van der Waals surface area contributed by atoms with Gasteiger partial charge in [-0.15, -0.1) is 0 Å². The van der Waals surface area contributed by atoms with Gasteiger partial charge in [-0.3, -0.25) is 0 Å². The van der Waals surface area contributed by atoms with Crippen molar-refractivity contribution in [2.45, 2.75) is 66.1 Å². The Morgan fingerprint density at radius 2 is 1.79 bits per heavy atom. The van der Waals surface area contributed by atoms with Gasteiger partial charge in [0.25, 0.3) is 0 Å². The van der Waals surface area contributed by atoms with Crippen LogP contribution in [0.2, 0.25) is 0 Å². The van der Waals surface area contributed by atoms with E-state index in [9.17, 15) is 10.1 Å². The number of hydrogen-bond donors (Lipinski definition) is 1. The van der Waals surface area contributed by atoms with Gasteiger partial charge in [0.05, 0.1) is 18.8 Å². The van der Waals surface area contributed by atoms with Crippen LogP contribution in [0.15, 0.2) is 22.9 Å². The van der Waals surface area contributed by atoms with Crippen LogP contribution in [0.3, 0.4) is 0 Å². The summed E-state index contributed by atoms with van der Waals surface area (Å²) in [6.07, 6.45) is 3.78. The summed E-state index contributed by atoms with van der Waals surface area (Å²) < 4.78 is 21.4. The Morgan fingerprint density at radius 1 is 1.10 bits per heavy atom. The lowest BCUT2D eigenvalue weighted by Crippen LogP contribution is -2.25. The topological polar surface area (TPSA) is 89.8 Å². The van der Waals surface area contributed by atoms with Crippen molar-refractivity contribution >= 4 is 5.97 Å². The van der Waals surface area contributed by atoms with Gasteiger partial charge in [-0.25, -0.2) is 4.79 Å².